The van der Waals surface area contributed by atoms with Gasteiger partial charge in [0.25, 0.3) is 0 Å². The van der Waals surface area contributed by atoms with E-state index >= 15 is 0 Å². The highest BCUT2D eigenvalue weighted by Gasteiger charge is 2.35. The molecule has 4 nitrogen and oxygen atoms in total. The molecule has 30 heavy (non-hydrogen) atoms. The number of benzene rings is 2. The average Bonchev–Trinajstić information content (AvgIpc) is 2.70. The second kappa shape index (κ2) is 11.4. The molecule has 8 heteroatoms. The van der Waals surface area contributed by atoms with E-state index in [2.05, 4.69) is 0 Å². The van der Waals surface area contributed by atoms with Crippen LogP contribution in [0.3, 0.4) is 0 Å². The van der Waals surface area contributed by atoms with E-state index in [-0.39, 0.29) is 37.6 Å². The first-order valence-corrected chi connectivity index (χ1v) is 9.23. The summed E-state index contributed by atoms with van der Waals surface area (Å²) in [6.07, 6.45) is -0.791. The fourth-order valence-corrected chi connectivity index (χ4v) is 2.68. The molecule has 0 aliphatic heterocycles. The number of nitrogens with two attached hydrogens (primary N) is 1. The van der Waals surface area contributed by atoms with E-state index in [1.807, 2.05) is 31.2 Å². The van der Waals surface area contributed by atoms with E-state index in [0.717, 1.165) is 17.2 Å². The Hall–Kier alpha value is -2.06. The second-order valence-electron chi connectivity index (χ2n) is 7.13. The van der Waals surface area contributed by atoms with Crippen LogP contribution in [0, 0.1) is 6.92 Å². The van der Waals surface area contributed by atoms with Crippen LogP contribution in [0.4, 0.5) is 13.2 Å². The zero-order valence-corrected chi connectivity index (χ0v) is 17.5. The predicted octanol–water partition coefficient (Wildman–Crippen LogP) is 4.14. The Morgan fingerprint density at radius 3 is 2.23 bits per heavy atom. The topological polar surface area (TPSA) is 75.7 Å². The summed E-state index contributed by atoms with van der Waals surface area (Å²) in [5, 5.41) is 18.4. The lowest BCUT2D eigenvalue weighted by atomic mass is 9.93. The third-order valence-corrected chi connectivity index (χ3v) is 4.61. The number of aryl methyl sites for hydroxylation is 2. The Morgan fingerprint density at radius 1 is 1.03 bits per heavy atom. The van der Waals surface area contributed by atoms with E-state index < -0.39 is 30.5 Å². The molecule has 0 bridgehead atoms. The monoisotopic (exact) mass is 445 g/mol. The van der Waals surface area contributed by atoms with E-state index in [0.29, 0.717) is 5.56 Å². The molecule has 0 heterocycles. The minimum Gasteiger partial charge on any atom is -0.489 e. The van der Waals surface area contributed by atoms with Gasteiger partial charge in [0, 0.05) is 0 Å². The largest absolute Gasteiger partial charge is 0.489 e. The van der Waals surface area contributed by atoms with Crippen molar-refractivity contribution in [3.05, 3.63) is 70.8 Å². The Balaban J connectivity index is 0.00000450. The second-order valence-corrected chi connectivity index (χ2v) is 7.13. The molecule has 0 saturated carbocycles. The van der Waals surface area contributed by atoms with Gasteiger partial charge in [-0.1, -0.05) is 42.0 Å². The van der Waals surface area contributed by atoms with Crippen LogP contribution in [0.2, 0.25) is 0 Å². The first kappa shape index (κ1) is 26.0. The van der Waals surface area contributed by atoms with Crippen LogP contribution >= 0.6 is 12.4 Å². The molecule has 4 N–H and O–H groups in total. The summed E-state index contributed by atoms with van der Waals surface area (Å²) in [7, 11) is 0. The standard InChI is InChI=1S/C22H26F3NO3.ClH/c1-16-4-6-17(7-5-16)3-2-12-29-20-9-8-18(13-19(20)22(23,24)25)10-11-21(26,14-27)15-28;/h2-9,13,27-28H,10-12,14-15,26H2,1H3;1H/b3-2+;. The number of aliphatic hydroxyl groups is 2. The van der Waals surface area contributed by atoms with Crippen LogP contribution in [-0.4, -0.2) is 35.6 Å². The summed E-state index contributed by atoms with van der Waals surface area (Å²) in [6, 6.07) is 11.6. The fraction of sp³-hybridized carbons (Fsp3) is 0.364. The number of hydrogen-bond donors (Lipinski definition) is 3. The Kier molecular flexibility index (Phi) is 9.84. The van der Waals surface area contributed by atoms with Crippen molar-refractivity contribution in [3.8, 4) is 5.75 Å². The van der Waals surface area contributed by atoms with Crippen LogP contribution < -0.4 is 10.5 Å². The van der Waals surface area contributed by atoms with Crippen LogP contribution in [-0.2, 0) is 12.6 Å². The first-order chi connectivity index (χ1) is 13.7. The molecule has 0 amide bonds. The molecule has 0 fully saturated rings. The summed E-state index contributed by atoms with van der Waals surface area (Å²) in [6.45, 7) is 1.06. The lowest BCUT2D eigenvalue weighted by Gasteiger charge is -2.24. The smallest absolute Gasteiger partial charge is 0.419 e. The molecule has 2 aromatic carbocycles. The Labute approximate surface area is 180 Å². The maximum absolute atomic E-state index is 13.4. The molecular formula is C22H27ClF3NO3. The third kappa shape index (κ3) is 7.65. The summed E-state index contributed by atoms with van der Waals surface area (Å²) in [5.74, 6) is -0.252. The Morgan fingerprint density at radius 2 is 1.67 bits per heavy atom. The summed E-state index contributed by atoms with van der Waals surface area (Å²) in [5.41, 5.74) is 6.14. The first-order valence-electron chi connectivity index (χ1n) is 9.23. The number of hydrogen-bond acceptors (Lipinski definition) is 4. The minimum absolute atomic E-state index is 0. The lowest BCUT2D eigenvalue weighted by molar-refractivity contribution is -0.138. The predicted molar refractivity (Wildman–Crippen MR) is 114 cm³/mol. The van der Waals surface area contributed by atoms with Crippen molar-refractivity contribution in [2.75, 3.05) is 19.8 Å². The summed E-state index contributed by atoms with van der Waals surface area (Å²) >= 11 is 0. The SMILES string of the molecule is Cc1ccc(/C=C/COc2ccc(CCC(N)(CO)CO)cc2C(F)(F)F)cc1.Cl. The third-order valence-electron chi connectivity index (χ3n) is 4.61. The van der Waals surface area contributed by atoms with Crippen molar-refractivity contribution in [1.29, 1.82) is 0 Å². The molecule has 2 rings (SSSR count). The van der Waals surface area contributed by atoms with Crippen molar-refractivity contribution < 1.29 is 28.1 Å². The molecule has 0 spiro atoms. The van der Waals surface area contributed by atoms with E-state index in [4.69, 9.17) is 10.5 Å². The number of alkyl halides is 3. The van der Waals surface area contributed by atoms with Gasteiger partial charge >= 0.3 is 6.18 Å². The van der Waals surface area contributed by atoms with E-state index in [9.17, 15) is 23.4 Å². The number of rotatable bonds is 9. The molecule has 2 aromatic rings. The highest BCUT2D eigenvalue weighted by Crippen LogP contribution is 2.37. The van der Waals surface area contributed by atoms with Crippen LogP contribution in [0.15, 0.2) is 48.5 Å². The number of halogens is 4. The molecule has 0 radical (unpaired) electrons. The maximum Gasteiger partial charge on any atom is 0.419 e. The van der Waals surface area contributed by atoms with Gasteiger partial charge in [-0.3, -0.25) is 0 Å². The van der Waals surface area contributed by atoms with Crippen LogP contribution in [0.5, 0.6) is 5.75 Å². The lowest BCUT2D eigenvalue weighted by Crippen LogP contribution is -2.47. The van der Waals surface area contributed by atoms with Gasteiger partial charge in [0.05, 0.1) is 24.3 Å². The van der Waals surface area contributed by atoms with Gasteiger partial charge in [-0.25, -0.2) is 0 Å². The normalized spacial score (nSPS) is 12.1. The van der Waals surface area contributed by atoms with Crippen LogP contribution in [0.1, 0.15) is 28.7 Å². The van der Waals surface area contributed by atoms with Crippen molar-refractivity contribution in [2.45, 2.75) is 31.5 Å². The molecule has 0 aromatic heterocycles. The van der Waals surface area contributed by atoms with Gasteiger partial charge in [-0.05, 0) is 49.1 Å². The zero-order chi connectivity index (χ0) is 21.5. The van der Waals surface area contributed by atoms with Gasteiger partial charge in [0.2, 0.25) is 0 Å². The maximum atomic E-state index is 13.4. The van der Waals surface area contributed by atoms with Crippen molar-refractivity contribution >= 4 is 18.5 Å². The zero-order valence-electron chi connectivity index (χ0n) is 16.7. The van der Waals surface area contributed by atoms with Crippen molar-refractivity contribution in [1.82, 2.24) is 0 Å². The highest BCUT2D eigenvalue weighted by molar-refractivity contribution is 5.85. The fourth-order valence-electron chi connectivity index (χ4n) is 2.68. The van der Waals surface area contributed by atoms with Crippen molar-refractivity contribution in [3.63, 3.8) is 0 Å². The molecule has 0 saturated heterocycles. The molecule has 0 aliphatic carbocycles. The number of aliphatic hydroxyl groups excluding tert-OH is 2. The van der Waals surface area contributed by atoms with Gasteiger partial charge < -0.3 is 20.7 Å². The van der Waals surface area contributed by atoms with Gasteiger partial charge in [0.1, 0.15) is 12.4 Å². The molecule has 0 atom stereocenters. The van der Waals surface area contributed by atoms with E-state index in [1.54, 1.807) is 12.2 Å². The molecule has 166 valence electrons. The summed E-state index contributed by atoms with van der Waals surface area (Å²) < 4.78 is 45.7. The van der Waals surface area contributed by atoms with Crippen LogP contribution in [0.25, 0.3) is 6.08 Å². The number of ether oxygens (including phenoxy) is 1. The average molecular weight is 446 g/mol. The minimum atomic E-state index is -4.57. The highest BCUT2D eigenvalue weighted by atomic mass is 35.5. The molecule has 0 aliphatic rings. The quantitative estimate of drug-likeness (QED) is 0.542. The van der Waals surface area contributed by atoms with Gasteiger partial charge in [-0.2, -0.15) is 13.2 Å². The van der Waals surface area contributed by atoms with E-state index in [1.165, 1.54) is 12.1 Å². The Bertz CT molecular complexity index is 819. The summed E-state index contributed by atoms with van der Waals surface area (Å²) in [4.78, 5) is 0. The molecule has 0 unspecified atom stereocenters. The van der Waals surface area contributed by atoms with Gasteiger partial charge in [0.15, 0.2) is 0 Å². The van der Waals surface area contributed by atoms with Gasteiger partial charge in [-0.15, -0.1) is 12.4 Å². The molecular weight excluding hydrogens is 419 g/mol. The van der Waals surface area contributed by atoms with Crippen molar-refractivity contribution in [2.24, 2.45) is 5.73 Å².